The number of rotatable bonds is 2. The molecule has 1 aromatic carbocycles. The van der Waals surface area contributed by atoms with E-state index in [-0.39, 0.29) is 5.43 Å². The summed E-state index contributed by atoms with van der Waals surface area (Å²) in [4.78, 5) is 11.9. The first kappa shape index (κ1) is 11.7. The molecule has 0 radical (unpaired) electrons. The summed E-state index contributed by atoms with van der Waals surface area (Å²) in [6, 6.07) is 5.36. The molecule has 84 valence electrons. The van der Waals surface area contributed by atoms with E-state index in [1.807, 2.05) is 26.0 Å². The Balaban J connectivity index is 2.77. The molecule has 0 unspecified atom stereocenters. The second kappa shape index (κ2) is 4.63. The Labute approximate surface area is 106 Å². The van der Waals surface area contributed by atoms with Gasteiger partial charge < -0.3 is 4.42 Å². The summed E-state index contributed by atoms with van der Waals surface area (Å²) >= 11 is 4.95. The minimum Gasteiger partial charge on any atom is -0.448 e. The monoisotopic (exact) mass is 298 g/mol. The largest absolute Gasteiger partial charge is 0.448 e. The van der Waals surface area contributed by atoms with Crippen LogP contribution < -0.4 is 5.43 Å². The molecule has 2 nitrogen and oxygen atoms in total. The summed E-state index contributed by atoms with van der Waals surface area (Å²) < 4.78 is 6.52. The van der Waals surface area contributed by atoms with Gasteiger partial charge in [-0.25, -0.2) is 0 Å². The second-order valence-electron chi connectivity index (χ2n) is 3.49. The molecule has 0 N–H and O–H groups in total. The topological polar surface area (TPSA) is 30.2 Å². The number of hydrogen-bond acceptors (Lipinski definition) is 3. The minimum atomic E-state index is 0.0154. The number of thioether (sulfide) groups is 1. The molecule has 0 fully saturated rings. The van der Waals surface area contributed by atoms with Crippen LogP contribution in [0.2, 0.25) is 0 Å². The molecule has 0 atom stereocenters. The highest BCUT2D eigenvalue weighted by atomic mass is 79.9. The molecule has 0 aliphatic rings. The van der Waals surface area contributed by atoms with Crippen molar-refractivity contribution < 1.29 is 4.42 Å². The average Bonchev–Trinajstić information content (AvgIpc) is 2.20. The van der Waals surface area contributed by atoms with Gasteiger partial charge in [0, 0.05) is 6.07 Å². The molecule has 2 aromatic rings. The summed E-state index contributed by atoms with van der Waals surface area (Å²) in [5.41, 5.74) is 1.69. The van der Waals surface area contributed by atoms with Gasteiger partial charge in [-0.2, -0.15) is 0 Å². The van der Waals surface area contributed by atoms with Gasteiger partial charge in [0.25, 0.3) is 0 Å². The van der Waals surface area contributed by atoms with E-state index in [0.717, 1.165) is 15.8 Å². The van der Waals surface area contributed by atoms with Crippen molar-refractivity contribution in [3.8, 4) is 0 Å². The summed E-state index contributed by atoms with van der Waals surface area (Å²) in [5, 5.41) is 1.30. The van der Waals surface area contributed by atoms with Crippen LogP contribution in [-0.2, 0) is 0 Å². The third kappa shape index (κ3) is 2.18. The smallest absolute Gasteiger partial charge is 0.193 e. The maximum absolute atomic E-state index is 11.9. The molecular formula is C12H11BrO2S. The van der Waals surface area contributed by atoms with E-state index in [2.05, 4.69) is 15.9 Å². The molecule has 1 aromatic heterocycles. The lowest BCUT2D eigenvalue weighted by Gasteiger charge is -2.04. The maximum atomic E-state index is 11.9. The van der Waals surface area contributed by atoms with E-state index in [4.69, 9.17) is 4.42 Å². The van der Waals surface area contributed by atoms with Crippen LogP contribution in [0.3, 0.4) is 0 Å². The Morgan fingerprint density at radius 3 is 2.81 bits per heavy atom. The molecule has 4 heteroatoms. The molecule has 0 amide bonds. The van der Waals surface area contributed by atoms with Crippen LogP contribution in [0.5, 0.6) is 0 Å². The molecule has 0 saturated carbocycles. The van der Waals surface area contributed by atoms with Gasteiger partial charge in [0.05, 0.1) is 9.86 Å². The zero-order chi connectivity index (χ0) is 11.7. The van der Waals surface area contributed by atoms with Gasteiger partial charge in [0.2, 0.25) is 0 Å². The fourth-order valence-corrected chi connectivity index (χ4v) is 2.82. The van der Waals surface area contributed by atoms with Gasteiger partial charge in [-0.05, 0) is 46.3 Å². The predicted molar refractivity (Wildman–Crippen MR) is 71.3 cm³/mol. The van der Waals surface area contributed by atoms with Gasteiger partial charge in [0.1, 0.15) is 0 Å². The Morgan fingerprint density at radius 2 is 2.12 bits per heavy atom. The van der Waals surface area contributed by atoms with Crippen LogP contribution in [0.4, 0.5) is 0 Å². The SMILES string of the molecule is CCSc1cc(=O)c2cc(C)cc(Br)c2o1. The second-order valence-corrected chi connectivity index (χ2v) is 5.61. The average molecular weight is 299 g/mol. The zero-order valence-corrected chi connectivity index (χ0v) is 11.4. The molecule has 1 heterocycles. The van der Waals surface area contributed by atoms with E-state index in [1.54, 1.807) is 6.07 Å². The van der Waals surface area contributed by atoms with Gasteiger partial charge in [0.15, 0.2) is 16.1 Å². The van der Waals surface area contributed by atoms with Crippen LogP contribution >= 0.6 is 27.7 Å². The minimum absolute atomic E-state index is 0.0154. The highest BCUT2D eigenvalue weighted by molar-refractivity contribution is 9.10. The van der Waals surface area contributed by atoms with Crippen LogP contribution in [0, 0.1) is 6.92 Å². The first-order chi connectivity index (χ1) is 7.61. The van der Waals surface area contributed by atoms with Crippen molar-refractivity contribution in [2.24, 2.45) is 0 Å². The normalized spacial score (nSPS) is 10.9. The van der Waals surface area contributed by atoms with Crippen LogP contribution in [0.25, 0.3) is 11.0 Å². The Morgan fingerprint density at radius 1 is 1.38 bits per heavy atom. The van der Waals surface area contributed by atoms with Crippen molar-refractivity contribution in [2.75, 3.05) is 5.75 Å². The fraction of sp³-hybridized carbons (Fsp3) is 0.250. The van der Waals surface area contributed by atoms with Gasteiger partial charge in [-0.15, -0.1) is 0 Å². The number of benzene rings is 1. The molecule has 0 saturated heterocycles. The molecule has 16 heavy (non-hydrogen) atoms. The van der Waals surface area contributed by atoms with Gasteiger partial charge >= 0.3 is 0 Å². The highest BCUT2D eigenvalue weighted by Gasteiger charge is 2.08. The molecule has 0 aliphatic carbocycles. The van der Waals surface area contributed by atoms with Gasteiger partial charge in [-0.3, -0.25) is 4.79 Å². The van der Waals surface area contributed by atoms with Crippen LogP contribution in [0.1, 0.15) is 12.5 Å². The summed E-state index contributed by atoms with van der Waals surface area (Å²) in [7, 11) is 0. The Bertz CT molecular complexity index is 589. The molecule has 0 aliphatic heterocycles. The van der Waals surface area contributed by atoms with Crippen LogP contribution in [0.15, 0.2) is 37.0 Å². The maximum Gasteiger partial charge on any atom is 0.193 e. The lowest BCUT2D eigenvalue weighted by atomic mass is 10.1. The summed E-state index contributed by atoms with van der Waals surface area (Å²) in [6.45, 7) is 3.98. The van der Waals surface area contributed by atoms with Crippen molar-refractivity contribution >= 4 is 38.7 Å². The quantitative estimate of drug-likeness (QED) is 0.786. The lowest BCUT2D eigenvalue weighted by Crippen LogP contribution is -2.00. The molecule has 2 rings (SSSR count). The van der Waals surface area contributed by atoms with E-state index < -0.39 is 0 Å². The first-order valence-corrected chi connectivity index (χ1v) is 6.76. The third-order valence-corrected chi connectivity index (χ3v) is 3.56. The van der Waals surface area contributed by atoms with Crippen molar-refractivity contribution in [1.82, 2.24) is 0 Å². The number of halogens is 1. The standard InChI is InChI=1S/C12H11BrO2S/c1-3-16-11-6-10(14)8-4-7(2)5-9(13)12(8)15-11/h4-6H,3H2,1-2H3. The van der Waals surface area contributed by atoms with E-state index in [1.165, 1.54) is 11.8 Å². The zero-order valence-electron chi connectivity index (χ0n) is 9.04. The number of hydrogen-bond donors (Lipinski definition) is 0. The number of aryl methyl sites for hydroxylation is 1. The van der Waals surface area contributed by atoms with Crippen LogP contribution in [-0.4, -0.2) is 5.75 Å². The Kier molecular flexibility index (Phi) is 3.40. The Hall–Kier alpha value is -0.740. The van der Waals surface area contributed by atoms with E-state index in [0.29, 0.717) is 16.1 Å². The van der Waals surface area contributed by atoms with Crippen molar-refractivity contribution in [3.05, 3.63) is 38.5 Å². The predicted octanol–water partition coefficient (Wildman–Crippen LogP) is 3.98. The third-order valence-electron chi connectivity index (χ3n) is 2.19. The highest BCUT2D eigenvalue weighted by Crippen LogP contribution is 2.27. The van der Waals surface area contributed by atoms with Gasteiger partial charge in [-0.1, -0.05) is 18.7 Å². The lowest BCUT2D eigenvalue weighted by molar-refractivity contribution is 0.498. The summed E-state index contributed by atoms with van der Waals surface area (Å²) in [6.07, 6.45) is 0. The summed E-state index contributed by atoms with van der Waals surface area (Å²) in [5.74, 6) is 0.887. The number of fused-ring (bicyclic) bond motifs is 1. The molecular weight excluding hydrogens is 288 g/mol. The van der Waals surface area contributed by atoms with E-state index >= 15 is 0 Å². The molecule has 0 bridgehead atoms. The van der Waals surface area contributed by atoms with E-state index in [9.17, 15) is 4.79 Å². The first-order valence-electron chi connectivity index (χ1n) is 4.98. The van der Waals surface area contributed by atoms with Crippen molar-refractivity contribution in [3.63, 3.8) is 0 Å². The van der Waals surface area contributed by atoms with Crippen molar-refractivity contribution in [1.29, 1.82) is 0 Å². The van der Waals surface area contributed by atoms with Crippen molar-refractivity contribution in [2.45, 2.75) is 18.9 Å². The fourth-order valence-electron chi connectivity index (χ4n) is 1.54. The molecule has 0 spiro atoms.